The van der Waals surface area contributed by atoms with E-state index in [0.29, 0.717) is 39.7 Å². The van der Waals surface area contributed by atoms with Gasteiger partial charge in [-0.2, -0.15) is 0 Å². The number of nitrogens with zero attached hydrogens (tertiary/aromatic N) is 2. The van der Waals surface area contributed by atoms with E-state index in [1.54, 1.807) is 18.2 Å². The van der Waals surface area contributed by atoms with Crippen molar-refractivity contribution < 1.29 is 9.53 Å². The zero-order valence-electron chi connectivity index (χ0n) is 17.0. The number of amides is 1. The van der Waals surface area contributed by atoms with Gasteiger partial charge in [0.25, 0.3) is 5.91 Å². The molecule has 1 saturated heterocycles. The van der Waals surface area contributed by atoms with Crippen molar-refractivity contribution in [2.24, 2.45) is 0 Å². The molecule has 1 fully saturated rings. The van der Waals surface area contributed by atoms with Crippen molar-refractivity contribution in [2.75, 3.05) is 33.2 Å². The van der Waals surface area contributed by atoms with Crippen LogP contribution in [0, 0.1) is 0 Å². The van der Waals surface area contributed by atoms with Crippen LogP contribution in [0.2, 0.25) is 10.0 Å². The summed E-state index contributed by atoms with van der Waals surface area (Å²) in [4.78, 5) is 17.3. The summed E-state index contributed by atoms with van der Waals surface area (Å²) in [6.07, 6.45) is 0. The Bertz CT molecular complexity index is 865. The van der Waals surface area contributed by atoms with E-state index in [-0.39, 0.29) is 5.91 Å². The third kappa shape index (κ3) is 5.43. The van der Waals surface area contributed by atoms with E-state index in [4.69, 9.17) is 27.9 Å². The Morgan fingerprint density at radius 3 is 2.41 bits per heavy atom. The number of hydrogen-bond donors (Lipinski definition) is 1. The molecule has 1 aliphatic heterocycles. The van der Waals surface area contributed by atoms with Gasteiger partial charge in [0.1, 0.15) is 11.5 Å². The number of rotatable bonds is 6. The van der Waals surface area contributed by atoms with Crippen LogP contribution in [0.3, 0.4) is 0 Å². The predicted octanol–water partition coefficient (Wildman–Crippen LogP) is 4.67. The maximum atomic E-state index is 13.0. The fourth-order valence-electron chi connectivity index (χ4n) is 3.41. The second kappa shape index (κ2) is 9.81. The summed E-state index contributed by atoms with van der Waals surface area (Å²) in [6, 6.07) is 11.2. The Kier molecular flexibility index (Phi) is 7.41. The van der Waals surface area contributed by atoms with Gasteiger partial charge in [0, 0.05) is 56.0 Å². The number of nitrogens with one attached hydrogen (secondary N) is 1. The SMILES string of the molecule is CNCc1ccc(C(=O)N2CCN(C(C)C)CC2)cc1Oc1ccc(Cl)c(Cl)c1. The first-order chi connectivity index (χ1) is 13.9. The fraction of sp³-hybridized carbons (Fsp3) is 0.409. The Balaban J connectivity index is 1.80. The molecule has 0 bridgehead atoms. The molecule has 1 heterocycles. The molecular weight excluding hydrogens is 409 g/mol. The lowest BCUT2D eigenvalue weighted by Crippen LogP contribution is -2.50. The molecule has 0 unspecified atom stereocenters. The summed E-state index contributed by atoms with van der Waals surface area (Å²) < 4.78 is 6.06. The van der Waals surface area contributed by atoms with Gasteiger partial charge in [-0.3, -0.25) is 9.69 Å². The molecule has 0 spiro atoms. The molecule has 3 rings (SSSR count). The molecule has 0 radical (unpaired) electrons. The molecule has 1 aliphatic rings. The first-order valence-corrected chi connectivity index (χ1v) is 10.6. The number of benzene rings is 2. The molecule has 7 heteroatoms. The van der Waals surface area contributed by atoms with E-state index in [9.17, 15) is 4.79 Å². The monoisotopic (exact) mass is 435 g/mol. The molecule has 1 N–H and O–H groups in total. The van der Waals surface area contributed by atoms with Gasteiger partial charge in [0.05, 0.1) is 10.0 Å². The lowest BCUT2D eigenvalue weighted by molar-refractivity contribution is 0.0595. The van der Waals surface area contributed by atoms with Gasteiger partial charge in [-0.25, -0.2) is 0 Å². The van der Waals surface area contributed by atoms with E-state index in [0.717, 1.165) is 31.7 Å². The number of halogens is 2. The Morgan fingerprint density at radius 2 is 1.79 bits per heavy atom. The van der Waals surface area contributed by atoms with Crippen LogP contribution in [-0.2, 0) is 6.54 Å². The summed E-state index contributed by atoms with van der Waals surface area (Å²) in [6.45, 7) is 8.26. The fourth-order valence-corrected chi connectivity index (χ4v) is 3.70. The third-order valence-corrected chi connectivity index (χ3v) is 5.87. The Hall–Kier alpha value is -1.79. The molecular formula is C22H27Cl2N3O2. The van der Waals surface area contributed by atoms with Crippen molar-refractivity contribution in [3.8, 4) is 11.5 Å². The van der Waals surface area contributed by atoms with Crippen LogP contribution in [0.25, 0.3) is 0 Å². The minimum absolute atomic E-state index is 0.0309. The second-order valence-corrected chi connectivity index (χ2v) is 8.27. The minimum Gasteiger partial charge on any atom is -0.457 e. The maximum absolute atomic E-state index is 13.0. The van der Waals surface area contributed by atoms with E-state index in [1.807, 2.05) is 30.1 Å². The standard InChI is InChI=1S/C22H27Cl2N3O2/c1-15(2)26-8-10-27(11-9-26)22(28)16-4-5-17(14-25-3)21(12-16)29-18-6-7-19(23)20(24)13-18/h4-7,12-13,15,25H,8-11,14H2,1-3H3. The van der Waals surface area contributed by atoms with Crippen molar-refractivity contribution in [2.45, 2.75) is 26.4 Å². The largest absolute Gasteiger partial charge is 0.457 e. The summed E-state index contributed by atoms with van der Waals surface area (Å²) >= 11 is 12.1. The van der Waals surface area contributed by atoms with Gasteiger partial charge in [0.15, 0.2) is 0 Å². The molecule has 29 heavy (non-hydrogen) atoms. The van der Waals surface area contributed by atoms with Gasteiger partial charge >= 0.3 is 0 Å². The lowest BCUT2D eigenvalue weighted by atomic mass is 10.1. The van der Waals surface area contributed by atoms with Crippen molar-refractivity contribution >= 4 is 29.1 Å². The third-order valence-electron chi connectivity index (χ3n) is 5.13. The predicted molar refractivity (Wildman–Crippen MR) is 118 cm³/mol. The first kappa shape index (κ1) is 21.9. The number of hydrogen-bond acceptors (Lipinski definition) is 4. The first-order valence-electron chi connectivity index (χ1n) is 9.82. The second-order valence-electron chi connectivity index (χ2n) is 7.45. The molecule has 0 atom stereocenters. The zero-order chi connectivity index (χ0) is 21.0. The normalized spacial score (nSPS) is 15.0. The molecule has 0 saturated carbocycles. The van der Waals surface area contributed by atoms with Gasteiger partial charge in [-0.15, -0.1) is 0 Å². The number of carbonyl (C=O) groups is 1. The van der Waals surface area contributed by atoms with Crippen LogP contribution < -0.4 is 10.1 Å². The molecule has 0 aliphatic carbocycles. The maximum Gasteiger partial charge on any atom is 0.254 e. The molecule has 5 nitrogen and oxygen atoms in total. The van der Waals surface area contributed by atoms with Gasteiger partial charge < -0.3 is 15.0 Å². The van der Waals surface area contributed by atoms with Crippen LogP contribution >= 0.6 is 23.2 Å². The Labute approximate surface area is 182 Å². The molecule has 2 aromatic rings. The quantitative estimate of drug-likeness (QED) is 0.715. The highest BCUT2D eigenvalue weighted by Gasteiger charge is 2.24. The summed E-state index contributed by atoms with van der Waals surface area (Å²) in [7, 11) is 1.87. The smallest absolute Gasteiger partial charge is 0.254 e. The van der Waals surface area contributed by atoms with Crippen molar-refractivity contribution in [1.29, 1.82) is 0 Å². The number of carbonyl (C=O) groups excluding carboxylic acids is 1. The van der Waals surface area contributed by atoms with Crippen LogP contribution in [0.15, 0.2) is 36.4 Å². The molecule has 2 aromatic carbocycles. The number of piperazine rings is 1. The highest BCUT2D eigenvalue weighted by atomic mass is 35.5. The highest BCUT2D eigenvalue weighted by molar-refractivity contribution is 6.42. The average Bonchev–Trinajstić information content (AvgIpc) is 2.71. The minimum atomic E-state index is 0.0309. The summed E-state index contributed by atoms with van der Waals surface area (Å²) in [5, 5.41) is 4.03. The van der Waals surface area contributed by atoms with Crippen molar-refractivity contribution in [1.82, 2.24) is 15.1 Å². The highest BCUT2D eigenvalue weighted by Crippen LogP contribution is 2.32. The lowest BCUT2D eigenvalue weighted by Gasteiger charge is -2.37. The zero-order valence-corrected chi connectivity index (χ0v) is 18.6. The van der Waals surface area contributed by atoms with E-state index in [1.165, 1.54) is 0 Å². The van der Waals surface area contributed by atoms with E-state index < -0.39 is 0 Å². The molecule has 0 aromatic heterocycles. The van der Waals surface area contributed by atoms with Crippen LogP contribution in [0.5, 0.6) is 11.5 Å². The molecule has 1 amide bonds. The van der Waals surface area contributed by atoms with Crippen LogP contribution in [-0.4, -0.2) is 55.0 Å². The molecule has 156 valence electrons. The van der Waals surface area contributed by atoms with Crippen LogP contribution in [0.4, 0.5) is 0 Å². The van der Waals surface area contributed by atoms with Gasteiger partial charge in [-0.05, 0) is 45.2 Å². The van der Waals surface area contributed by atoms with Gasteiger partial charge in [0.2, 0.25) is 0 Å². The van der Waals surface area contributed by atoms with E-state index in [2.05, 4.69) is 24.1 Å². The van der Waals surface area contributed by atoms with Crippen molar-refractivity contribution in [3.05, 3.63) is 57.6 Å². The van der Waals surface area contributed by atoms with Crippen molar-refractivity contribution in [3.63, 3.8) is 0 Å². The Morgan fingerprint density at radius 1 is 1.07 bits per heavy atom. The van der Waals surface area contributed by atoms with E-state index >= 15 is 0 Å². The summed E-state index contributed by atoms with van der Waals surface area (Å²) in [5.41, 5.74) is 1.58. The van der Waals surface area contributed by atoms with Gasteiger partial charge in [-0.1, -0.05) is 29.3 Å². The topological polar surface area (TPSA) is 44.8 Å². The van der Waals surface area contributed by atoms with Crippen LogP contribution in [0.1, 0.15) is 29.8 Å². The average molecular weight is 436 g/mol. The summed E-state index contributed by atoms with van der Waals surface area (Å²) in [5.74, 6) is 1.24. The number of ether oxygens (including phenoxy) is 1.